The molecule has 0 radical (unpaired) electrons. The molecule has 0 aliphatic rings. The van der Waals surface area contributed by atoms with Gasteiger partial charge in [-0.25, -0.2) is 0 Å². The van der Waals surface area contributed by atoms with E-state index in [2.05, 4.69) is 36.7 Å². The molecular formula is C9H12BrN5O. The smallest absolute Gasteiger partial charge is 0.176 e. The third-order valence-electron chi connectivity index (χ3n) is 2.31. The molecule has 86 valence electrons. The Balaban J connectivity index is 2.15. The number of furan rings is 1. The molecule has 2 rings (SSSR count). The molecule has 0 spiro atoms. The van der Waals surface area contributed by atoms with Crippen molar-refractivity contribution in [2.45, 2.75) is 12.5 Å². The van der Waals surface area contributed by atoms with Crippen LogP contribution in [0.3, 0.4) is 0 Å². The van der Waals surface area contributed by atoms with E-state index in [0.717, 1.165) is 10.2 Å². The average molecular weight is 286 g/mol. The van der Waals surface area contributed by atoms with Crippen LogP contribution in [0.4, 0.5) is 0 Å². The predicted octanol–water partition coefficient (Wildman–Crippen LogP) is 1.07. The summed E-state index contributed by atoms with van der Waals surface area (Å²) in [6.45, 7) is 0. The fourth-order valence-electron chi connectivity index (χ4n) is 1.51. The summed E-state index contributed by atoms with van der Waals surface area (Å²) >= 11 is 3.36. The standard InChI is InChI=1S/C9H12BrN5O/c1-11-7(6-3-4-16-9(6)10)5-8-12-14-15(2)13-8/h3-4,7,11H,5H2,1-2H3. The molecule has 2 heterocycles. The van der Waals surface area contributed by atoms with Crippen LogP contribution < -0.4 is 5.32 Å². The summed E-state index contributed by atoms with van der Waals surface area (Å²) in [6.07, 6.45) is 2.32. The number of aryl methyl sites for hydroxylation is 1. The Morgan fingerprint density at radius 2 is 2.44 bits per heavy atom. The number of hydrogen-bond acceptors (Lipinski definition) is 5. The molecule has 1 unspecified atom stereocenters. The van der Waals surface area contributed by atoms with E-state index in [1.807, 2.05) is 13.1 Å². The molecule has 0 aliphatic heterocycles. The van der Waals surface area contributed by atoms with Crippen LogP contribution >= 0.6 is 15.9 Å². The molecule has 0 amide bonds. The van der Waals surface area contributed by atoms with E-state index in [9.17, 15) is 0 Å². The Morgan fingerprint density at radius 1 is 1.62 bits per heavy atom. The zero-order chi connectivity index (χ0) is 11.5. The Labute approximate surface area is 101 Å². The van der Waals surface area contributed by atoms with Crippen molar-refractivity contribution >= 4 is 15.9 Å². The van der Waals surface area contributed by atoms with Gasteiger partial charge in [-0.2, -0.15) is 4.80 Å². The van der Waals surface area contributed by atoms with Crippen LogP contribution in [0.5, 0.6) is 0 Å². The highest BCUT2D eigenvalue weighted by Gasteiger charge is 2.17. The summed E-state index contributed by atoms with van der Waals surface area (Å²) < 4.78 is 5.94. The van der Waals surface area contributed by atoms with E-state index in [1.165, 1.54) is 4.80 Å². The van der Waals surface area contributed by atoms with Crippen molar-refractivity contribution in [1.29, 1.82) is 0 Å². The maximum absolute atomic E-state index is 5.21. The maximum Gasteiger partial charge on any atom is 0.176 e. The normalized spacial score (nSPS) is 12.9. The van der Waals surface area contributed by atoms with Crippen molar-refractivity contribution in [3.63, 3.8) is 0 Å². The summed E-state index contributed by atoms with van der Waals surface area (Å²) in [4.78, 5) is 1.45. The van der Waals surface area contributed by atoms with Gasteiger partial charge in [0.2, 0.25) is 0 Å². The van der Waals surface area contributed by atoms with Crippen molar-refractivity contribution in [1.82, 2.24) is 25.5 Å². The zero-order valence-electron chi connectivity index (χ0n) is 9.01. The molecule has 2 aromatic heterocycles. The molecule has 0 bridgehead atoms. The van der Waals surface area contributed by atoms with Gasteiger partial charge in [-0.3, -0.25) is 0 Å². The molecule has 0 saturated carbocycles. The quantitative estimate of drug-likeness (QED) is 0.910. The summed E-state index contributed by atoms with van der Waals surface area (Å²) in [7, 11) is 3.64. The van der Waals surface area contributed by atoms with Crippen molar-refractivity contribution < 1.29 is 4.42 Å². The Kier molecular flexibility index (Phi) is 3.35. The van der Waals surface area contributed by atoms with Gasteiger partial charge >= 0.3 is 0 Å². The van der Waals surface area contributed by atoms with Gasteiger partial charge in [0.25, 0.3) is 0 Å². The number of likely N-dealkylation sites (N-methyl/N-ethyl adjacent to an activating group) is 1. The topological polar surface area (TPSA) is 68.8 Å². The van der Waals surface area contributed by atoms with E-state index in [-0.39, 0.29) is 6.04 Å². The maximum atomic E-state index is 5.21. The lowest BCUT2D eigenvalue weighted by molar-refractivity contribution is 0.514. The first-order valence-corrected chi connectivity index (χ1v) is 5.63. The van der Waals surface area contributed by atoms with Gasteiger partial charge in [-0.05, 0) is 34.3 Å². The Bertz CT molecular complexity index is 466. The fourth-order valence-corrected chi connectivity index (χ4v) is 2.03. The molecule has 2 aromatic rings. The monoisotopic (exact) mass is 285 g/mol. The first kappa shape index (κ1) is 11.3. The first-order valence-electron chi connectivity index (χ1n) is 4.83. The van der Waals surface area contributed by atoms with Crippen LogP contribution in [-0.2, 0) is 13.5 Å². The molecule has 0 saturated heterocycles. The first-order chi connectivity index (χ1) is 7.70. The molecule has 6 nitrogen and oxygen atoms in total. The van der Waals surface area contributed by atoms with E-state index in [0.29, 0.717) is 12.2 Å². The largest absolute Gasteiger partial charge is 0.457 e. The van der Waals surface area contributed by atoms with Gasteiger partial charge < -0.3 is 9.73 Å². The fraction of sp³-hybridized carbons (Fsp3) is 0.444. The van der Waals surface area contributed by atoms with Gasteiger partial charge in [-0.15, -0.1) is 10.2 Å². The number of aromatic nitrogens is 4. The van der Waals surface area contributed by atoms with Crippen molar-refractivity contribution in [3.05, 3.63) is 28.4 Å². The number of nitrogens with one attached hydrogen (secondary N) is 1. The lowest BCUT2D eigenvalue weighted by Crippen LogP contribution is -2.19. The molecule has 1 N–H and O–H groups in total. The van der Waals surface area contributed by atoms with E-state index in [1.54, 1.807) is 13.3 Å². The molecule has 7 heteroatoms. The van der Waals surface area contributed by atoms with Crippen LogP contribution in [0, 0.1) is 0 Å². The molecule has 1 atom stereocenters. The SMILES string of the molecule is CNC(Cc1nnn(C)n1)c1ccoc1Br. The van der Waals surface area contributed by atoms with Crippen LogP contribution in [-0.4, -0.2) is 27.3 Å². The van der Waals surface area contributed by atoms with Crippen molar-refractivity contribution in [2.24, 2.45) is 7.05 Å². The van der Waals surface area contributed by atoms with E-state index in [4.69, 9.17) is 4.42 Å². The zero-order valence-corrected chi connectivity index (χ0v) is 10.6. The highest BCUT2D eigenvalue weighted by molar-refractivity contribution is 9.10. The van der Waals surface area contributed by atoms with Gasteiger partial charge in [0.15, 0.2) is 10.5 Å². The third-order valence-corrected chi connectivity index (χ3v) is 2.95. The number of nitrogens with zero attached hydrogens (tertiary/aromatic N) is 4. The number of rotatable bonds is 4. The molecule has 16 heavy (non-hydrogen) atoms. The lowest BCUT2D eigenvalue weighted by Gasteiger charge is -2.12. The minimum absolute atomic E-state index is 0.109. The number of tetrazole rings is 1. The Morgan fingerprint density at radius 3 is 2.94 bits per heavy atom. The van der Waals surface area contributed by atoms with Crippen molar-refractivity contribution in [2.75, 3.05) is 7.05 Å². The van der Waals surface area contributed by atoms with Gasteiger partial charge in [-0.1, -0.05) is 0 Å². The third kappa shape index (κ3) is 2.30. The minimum Gasteiger partial charge on any atom is -0.457 e. The second-order valence-corrected chi connectivity index (χ2v) is 4.11. The van der Waals surface area contributed by atoms with Crippen LogP contribution in [0.2, 0.25) is 0 Å². The number of hydrogen-bond donors (Lipinski definition) is 1. The van der Waals surface area contributed by atoms with Crippen LogP contribution in [0.15, 0.2) is 21.4 Å². The highest BCUT2D eigenvalue weighted by Crippen LogP contribution is 2.25. The molecule has 0 fully saturated rings. The summed E-state index contributed by atoms with van der Waals surface area (Å²) in [6, 6.07) is 2.03. The predicted molar refractivity (Wildman–Crippen MR) is 60.7 cm³/mol. The summed E-state index contributed by atoms with van der Waals surface area (Å²) in [5.74, 6) is 0.704. The molecular weight excluding hydrogens is 274 g/mol. The lowest BCUT2D eigenvalue weighted by atomic mass is 10.1. The van der Waals surface area contributed by atoms with Gasteiger partial charge in [0.1, 0.15) is 0 Å². The van der Waals surface area contributed by atoms with Crippen LogP contribution in [0.25, 0.3) is 0 Å². The number of halogens is 1. The highest BCUT2D eigenvalue weighted by atomic mass is 79.9. The summed E-state index contributed by atoms with van der Waals surface area (Å²) in [5.41, 5.74) is 1.05. The van der Waals surface area contributed by atoms with E-state index >= 15 is 0 Å². The van der Waals surface area contributed by atoms with Crippen molar-refractivity contribution in [3.8, 4) is 0 Å². The van der Waals surface area contributed by atoms with Gasteiger partial charge in [0, 0.05) is 18.0 Å². The molecule has 0 aromatic carbocycles. The minimum atomic E-state index is 0.109. The Hall–Kier alpha value is -1.21. The van der Waals surface area contributed by atoms with Crippen LogP contribution in [0.1, 0.15) is 17.4 Å². The van der Waals surface area contributed by atoms with Gasteiger partial charge in [0.05, 0.1) is 13.3 Å². The second-order valence-electron chi connectivity index (χ2n) is 3.39. The molecule has 0 aliphatic carbocycles. The average Bonchev–Trinajstić information content (AvgIpc) is 2.84. The second kappa shape index (κ2) is 4.75. The van der Waals surface area contributed by atoms with E-state index < -0.39 is 0 Å². The summed E-state index contributed by atoms with van der Waals surface area (Å²) in [5, 5.41) is 15.1.